The van der Waals surface area contributed by atoms with E-state index in [0.29, 0.717) is 13.2 Å². The molecule has 94 valence electrons. The molecule has 0 radical (unpaired) electrons. The number of nitrogens with two attached hydrogens (primary N) is 1. The Bertz CT molecular complexity index is 369. The Balaban J connectivity index is 2.04. The number of halogens is 2. The van der Waals surface area contributed by atoms with Crippen molar-refractivity contribution in [3.63, 3.8) is 0 Å². The molecule has 17 heavy (non-hydrogen) atoms. The summed E-state index contributed by atoms with van der Waals surface area (Å²) in [6.45, 7) is 1.96. The molecule has 1 fully saturated rings. The van der Waals surface area contributed by atoms with Crippen LogP contribution in [0.1, 0.15) is 18.4 Å². The first-order valence-corrected chi connectivity index (χ1v) is 7.21. The Labute approximate surface area is 118 Å². The van der Waals surface area contributed by atoms with Gasteiger partial charge in [-0.05, 0) is 62.4 Å². The van der Waals surface area contributed by atoms with Crippen molar-refractivity contribution in [2.24, 2.45) is 5.73 Å². The van der Waals surface area contributed by atoms with Crippen molar-refractivity contribution >= 4 is 31.9 Å². The smallest absolute Gasteiger partial charge is 0.147 e. The predicted molar refractivity (Wildman–Crippen MR) is 74.2 cm³/mol. The summed E-state index contributed by atoms with van der Waals surface area (Å²) >= 11 is 6.99. The molecule has 1 aromatic rings. The van der Waals surface area contributed by atoms with Crippen LogP contribution in [0.3, 0.4) is 0 Å². The third-order valence-electron chi connectivity index (χ3n) is 2.73. The van der Waals surface area contributed by atoms with E-state index in [0.717, 1.165) is 39.7 Å². The van der Waals surface area contributed by atoms with Crippen molar-refractivity contribution in [3.8, 4) is 5.75 Å². The number of hydrogen-bond donors (Lipinski definition) is 1. The Hall–Kier alpha value is -0.100. The topological polar surface area (TPSA) is 44.5 Å². The summed E-state index contributed by atoms with van der Waals surface area (Å²) in [6.07, 6.45) is 2.43. The van der Waals surface area contributed by atoms with Gasteiger partial charge in [0, 0.05) is 13.2 Å². The second-order valence-electron chi connectivity index (χ2n) is 4.04. The van der Waals surface area contributed by atoms with Gasteiger partial charge in [-0.3, -0.25) is 0 Å². The maximum atomic E-state index is 5.79. The van der Waals surface area contributed by atoms with E-state index in [2.05, 4.69) is 31.9 Å². The van der Waals surface area contributed by atoms with Crippen molar-refractivity contribution in [2.45, 2.75) is 25.5 Å². The van der Waals surface area contributed by atoms with Crippen LogP contribution in [0, 0.1) is 0 Å². The van der Waals surface area contributed by atoms with E-state index in [1.54, 1.807) is 0 Å². The molecule has 1 saturated heterocycles. The number of hydrogen-bond acceptors (Lipinski definition) is 3. The molecular formula is C12H15Br2NO2. The van der Waals surface area contributed by atoms with Crippen LogP contribution in [0.5, 0.6) is 5.75 Å². The van der Waals surface area contributed by atoms with Crippen LogP contribution in [0.2, 0.25) is 0 Å². The molecule has 3 nitrogen and oxygen atoms in total. The summed E-state index contributed by atoms with van der Waals surface area (Å²) < 4.78 is 13.2. The second kappa shape index (κ2) is 6.18. The maximum Gasteiger partial charge on any atom is 0.147 e. The molecule has 0 bridgehead atoms. The standard InChI is InChI=1S/C12H15Br2NO2/c13-10-4-8(6-15)5-11(14)12(10)17-7-9-2-1-3-16-9/h4-5,9H,1-3,6-7,15H2. The molecule has 0 saturated carbocycles. The van der Waals surface area contributed by atoms with Crippen LogP contribution in [0.4, 0.5) is 0 Å². The Morgan fingerprint density at radius 3 is 2.59 bits per heavy atom. The molecule has 1 aliphatic rings. The average molecular weight is 365 g/mol. The highest BCUT2D eigenvalue weighted by molar-refractivity contribution is 9.11. The summed E-state index contributed by atoms with van der Waals surface area (Å²) in [5.41, 5.74) is 6.67. The summed E-state index contributed by atoms with van der Waals surface area (Å²) in [5, 5.41) is 0. The normalized spacial score (nSPS) is 19.6. The van der Waals surface area contributed by atoms with Crippen LogP contribution >= 0.6 is 31.9 Å². The van der Waals surface area contributed by atoms with Gasteiger partial charge in [-0.2, -0.15) is 0 Å². The van der Waals surface area contributed by atoms with Crippen LogP contribution < -0.4 is 10.5 Å². The van der Waals surface area contributed by atoms with Gasteiger partial charge >= 0.3 is 0 Å². The monoisotopic (exact) mass is 363 g/mol. The SMILES string of the molecule is NCc1cc(Br)c(OCC2CCCO2)c(Br)c1. The molecular weight excluding hydrogens is 350 g/mol. The molecule has 2 N–H and O–H groups in total. The van der Waals surface area contributed by atoms with E-state index in [-0.39, 0.29) is 6.10 Å². The van der Waals surface area contributed by atoms with E-state index < -0.39 is 0 Å². The lowest BCUT2D eigenvalue weighted by atomic mass is 10.2. The molecule has 5 heteroatoms. The highest BCUT2D eigenvalue weighted by Crippen LogP contribution is 2.35. The Kier molecular flexibility index (Phi) is 4.85. The van der Waals surface area contributed by atoms with Crippen molar-refractivity contribution in [1.29, 1.82) is 0 Å². The third-order valence-corrected chi connectivity index (χ3v) is 3.91. The van der Waals surface area contributed by atoms with Gasteiger partial charge < -0.3 is 15.2 Å². The van der Waals surface area contributed by atoms with Crippen molar-refractivity contribution < 1.29 is 9.47 Å². The largest absolute Gasteiger partial charge is 0.489 e. The fourth-order valence-electron chi connectivity index (χ4n) is 1.82. The lowest BCUT2D eigenvalue weighted by molar-refractivity contribution is 0.0674. The fraction of sp³-hybridized carbons (Fsp3) is 0.500. The molecule has 2 rings (SSSR count). The van der Waals surface area contributed by atoms with Crippen molar-refractivity contribution in [2.75, 3.05) is 13.2 Å². The van der Waals surface area contributed by atoms with E-state index in [1.165, 1.54) is 0 Å². The summed E-state index contributed by atoms with van der Waals surface area (Å²) in [6, 6.07) is 3.96. The predicted octanol–water partition coefficient (Wildman–Crippen LogP) is 3.23. The first-order valence-electron chi connectivity index (χ1n) is 5.63. The lowest BCUT2D eigenvalue weighted by Crippen LogP contribution is -2.16. The Morgan fingerprint density at radius 1 is 1.35 bits per heavy atom. The zero-order valence-electron chi connectivity index (χ0n) is 9.42. The van der Waals surface area contributed by atoms with E-state index >= 15 is 0 Å². The molecule has 1 unspecified atom stereocenters. The highest BCUT2D eigenvalue weighted by atomic mass is 79.9. The van der Waals surface area contributed by atoms with Crippen LogP contribution in [-0.4, -0.2) is 19.3 Å². The second-order valence-corrected chi connectivity index (χ2v) is 5.75. The van der Waals surface area contributed by atoms with Crippen LogP contribution in [0.25, 0.3) is 0 Å². The van der Waals surface area contributed by atoms with E-state index in [9.17, 15) is 0 Å². The lowest BCUT2D eigenvalue weighted by Gasteiger charge is -2.14. The highest BCUT2D eigenvalue weighted by Gasteiger charge is 2.17. The Morgan fingerprint density at radius 2 is 2.06 bits per heavy atom. The first-order chi connectivity index (χ1) is 8.20. The number of ether oxygens (including phenoxy) is 2. The molecule has 0 aliphatic carbocycles. The molecule has 1 atom stereocenters. The minimum absolute atomic E-state index is 0.225. The van der Waals surface area contributed by atoms with E-state index in [1.807, 2.05) is 12.1 Å². The van der Waals surface area contributed by atoms with Gasteiger partial charge in [-0.15, -0.1) is 0 Å². The minimum atomic E-state index is 0.225. The summed E-state index contributed by atoms with van der Waals surface area (Å²) in [7, 11) is 0. The van der Waals surface area contributed by atoms with Gasteiger partial charge in [0.05, 0.1) is 15.0 Å². The third kappa shape index (κ3) is 3.44. The summed E-state index contributed by atoms with van der Waals surface area (Å²) in [4.78, 5) is 0. The molecule has 0 amide bonds. The van der Waals surface area contributed by atoms with Crippen LogP contribution in [0.15, 0.2) is 21.1 Å². The van der Waals surface area contributed by atoms with E-state index in [4.69, 9.17) is 15.2 Å². The molecule has 1 aromatic carbocycles. The zero-order chi connectivity index (χ0) is 12.3. The average Bonchev–Trinajstić information content (AvgIpc) is 2.80. The summed E-state index contributed by atoms with van der Waals surface area (Å²) in [5.74, 6) is 0.817. The van der Waals surface area contributed by atoms with Gasteiger partial charge in [0.15, 0.2) is 0 Å². The van der Waals surface area contributed by atoms with Crippen LogP contribution in [-0.2, 0) is 11.3 Å². The maximum absolute atomic E-state index is 5.79. The fourth-order valence-corrected chi connectivity index (χ4v) is 3.33. The zero-order valence-corrected chi connectivity index (χ0v) is 12.6. The number of benzene rings is 1. The molecule has 1 aliphatic heterocycles. The van der Waals surface area contributed by atoms with Gasteiger partial charge in [0.2, 0.25) is 0 Å². The molecule has 1 heterocycles. The first kappa shape index (κ1) is 13.3. The minimum Gasteiger partial charge on any atom is -0.489 e. The molecule has 0 spiro atoms. The van der Waals surface area contributed by atoms with Gasteiger partial charge in [0.1, 0.15) is 12.4 Å². The van der Waals surface area contributed by atoms with Gasteiger partial charge in [0.25, 0.3) is 0 Å². The molecule has 0 aromatic heterocycles. The quantitative estimate of drug-likeness (QED) is 0.891. The van der Waals surface area contributed by atoms with Gasteiger partial charge in [-0.25, -0.2) is 0 Å². The number of rotatable bonds is 4. The van der Waals surface area contributed by atoms with Crippen molar-refractivity contribution in [3.05, 3.63) is 26.6 Å². The van der Waals surface area contributed by atoms with Crippen molar-refractivity contribution in [1.82, 2.24) is 0 Å². The van der Waals surface area contributed by atoms with Gasteiger partial charge in [-0.1, -0.05) is 0 Å².